The van der Waals surface area contributed by atoms with Gasteiger partial charge >= 0.3 is 0 Å². The summed E-state index contributed by atoms with van der Waals surface area (Å²) in [5.41, 5.74) is 4.53. The van der Waals surface area contributed by atoms with Gasteiger partial charge in [0.2, 0.25) is 10.0 Å². The lowest BCUT2D eigenvalue weighted by Gasteiger charge is -2.27. The molecule has 0 unspecified atom stereocenters. The van der Waals surface area contributed by atoms with E-state index < -0.39 is 27.5 Å². The minimum atomic E-state index is -3.92. The number of hydrogen-bond acceptors (Lipinski definition) is 7. The van der Waals surface area contributed by atoms with Crippen LogP contribution < -0.4 is 10.5 Å². The predicted molar refractivity (Wildman–Crippen MR) is 97.3 cm³/mol. The molecule has 2 aromatic rings. The van der Waals surface area contributed by atoms with Gasteiger partial charge in [0.1, 0.15) is 34.2 Å². The molecule has 28 heavy (non-hydrogen) atoms. The van der Waals surface area contributed by atoms with E-state index in [1.807, 2.05) is 0 Å². The third-order valence-electron chi connectivity index (χ3n) is 4.63. The highest BCUT2D eigenvalue weighted by molar-refractivity contribution is 7.89. The molecule has 1 aromatic heterocycles. The highest BCUT2D eigenvalue weighted by Gasteiger charge is 2.50. The van der Waals surface area contributed by atoms with Crippen molar-refractivity contribution in [1.29, 1.82) is 5.26 Å². The molecule has 10 heteroatoms. The maximum atomic E-state index is 13.8. The molecule has 2 atom stereocenters. The highest BCUT2D eigenvalue weighted by Crippen LogP contribution is 2.30. The van der Waals surface area contributed by atoms with Crippen molar-refractivity contribution in [2.45, 2.75) is 23.5 Å². The van der Waals surface area contributed by atoms with Gasteiger partial charge in [-0.3, -0.25) is 4.98 Å². The zero-order chi connectivity index (χ0) is 20.5. The van der Waals surface area contributed by atoms with Crippen molar-refractivity contribution in [1.82, 2.24) is 9.29 Å². The molecule has 0 saturated carbocycles. The normalized spacial score (nSPS) is 22.8. The monoisotopic (exact) mass is 406 g/mol. The first kappa shape index (κ1) is 20.2. The number of benzene rings is 1. The van der Waals surface area contributed by atoms with E-state index >= 15 is 0 Å². The Morgan fingerprint density at radius 3 is 2.79 bits per heavy atom. The van der Waals surface area contributed by atoms with E-state index in [1.165, 1.54) is 24.4 Å². The lowest BCUT2D eigenvalue weighted by Crippen LogP contribution is -2.50. The lowest BCUT2D eigenvalue weighted by molar-refractivity contribution is -0.0200. The summed E-state index contributed by atoms with van der Waals surface area (Å²) in [6.45, 7) is 1.03. The first-order valence-electron chi connectivity index (χ1n) is 8.41. The average molecular weight is 406 g/mol. The maximum absolute atomic E-state index is 13.8. The zero-order valence-corrected chi connectivity index (χ0v) is 15.9. The number of hydrogen-bond donors (Lipinski definition) is 2. The number of aryl methyl sites for hydroxylation is 1. The van der Waals surface area contributed by atoms with E-state index in [-0.39, 0.29) is 35.8 Å². The smallest absolute Gasteiger partial charge is 0.244 e. The number of rotatable bonds is 5. The molecule has 8 nitrogen and oxygen atoms in total. The van der Waals surface area contributed by atoms with Crippen LogP contribution in [0.25, 0.3) is 0 Å². The molecule has 1 aliphatic rings. The molecule has 3 rings (SSSR count). The predicted octanol–water partition coefficient (Wildman–Crippen LogP) is 0.542. The molecule has 0 aliphatic carbocycles. The van der Waals surface area contributed by atoms with Gasteiger partial charge in [-0.25, -0.2) is 12.8 Å². The number of β-amino-alcohol motifs (C(OH)–C–C–N with tert-alkyl or cyclic N) is 1. The minimum absolute atomic E-state index is 0.0115. The van der Waals surface area contributed by atoms with Gasteiger partial charge in [-0.15, -0.1) is 0 Å². The molecule has 3 N–H and O–H groups in total. The first-order chi connectivity index (χ1) is 13.2. The number of halogens is 1. The third kappa shape index (κ3) is 3.70. The van der Waals surface area contributed by atoms with Crippen molar-refractivity contribution >= 4 is 10.0 Å². The summed E-state index contributed by atoms with van der Waals surface area (Å²) in [5, 5.41) is 19.6. The second-order valence-electron chi connectivity index (χ2n) is 6.60. The number of sulfonamides is 1. The van der Waals surface area contributed by atoms with Crippen LogP contribution in [0.3, 0.4) is 0 Å². The van der Waals surface area contributed by atoms with Gasteiger partial charge in [0.05, 0.1) is 12.1 Å². The number of aliphatic hydroxyl groups is 1. The number of nitrogens with zero attached hydrogens (tertiary/aromatic N) is 3. The van der Waals surface area contributed by atoms with E-state index in [9.17, 15) is 17.9 Å². The Morgan fingerprint density at radius 1 is 1.46 bits per heavy atom. The Hall–Kier alpha value is -2.58. The van der Waals surface area contributed by atoms with Gasteiger partial charge in [-0.2, -0.15) is 9.57 Å². The number of aromatic nitrogens is 1. The van der Waals surface area contributed by atoms with Gasteiger partial charge in [0.15, 0.2) is 0 Å². The van der Waals surface area contributed by atoms with E-state index in [4.69, 9.17) is 15.7 Å². The first-order valence-corrected chi connectivity index (χ1v) is 9.85. The van der Waals surface area contributed by atoms with Crippen LogP contribution in [0.1, 0.15) is 11.3 Å². The van der Waals surface area contributed by atoms with E-state index in [0.29, 0.717) is 5.69 Å². The lowest BCUT2D eigenvalue weighted by atomic mass is 10.0. The Bertz CT molecular complexity index is 1020. The summed E-state index contributed by atoms with van der Waals surface area (Å²) in [7, 11) is -3.92. The summed E-state index contributed by atoms with van der Waals surface area (Å²) in [4.78, 5) is 3.98. The third-order valence-corrected chi connectivity index (χ3v) is 6.43. The summed E-state index contributed by atoms with van der Waals surface area (Å²) in [6, 6.07) is 8.34. The van der Waals surface area contributed by atoms with Crippen molar-refractivity contribution in [3.63, 3.8) is 0 Å². The van der Waals surface area contributed by atoms with Gasteiger partial charge in [-0.1, -0.05) is 0 Å². The molecule has 0 spiro atoms. The van der Waals surface area contributed by atoms with Crippen molar-refractivity contribution in [2.24, 2.45) is 5.73 Å². The molecule has 0 bridgehead atoms. The van der Waals surface area contributed by atoms with E-state index in [0.717, 1.165) is 10.4 Å². The summed E-state index contributed by atoms with van der Waals surface area (Å²) in [6.07, 6.45) is 0.231. The van der Waals surface area contributed by atoms with Crippen LogP contribution in [0.4, 0.5) is 4.39 Å². The zero-order valence-electron chi connectivity index (χ0n) is 15.0. The van der Waals surface area contributed by atoms with Gasteiger partial charge in [-0.05, 0) is 31.2 Å². The van der Waals surface area contributed by atoms with Crippen molar-refractivity contribution in [3.8, 4) is 11.8 Å². The molecular weight excluding hydrogens is 387 g/mol. The topological polar surface area (TPSA) is 130 Å². The molecule has 2 heterocycles. The Balaban J connectivity index is 1.86. The van der Waals surface area contributed by atoms with Crippen LogP contribution in [0, 0.1) is 24.1 Å². The van der Waals surface area contributed by atoms with E-state index in [1.54, 1.807) is 19.1 Å². The second-order valence-corrected chi connectivity index (χ2v) is 8.54. The van der Waals surface area contributed by atoms with E-state index in [2.05, 4.69) is 4.98 Å². The molecule has 1 aliphatic heterocycles. The van der Waals surface area contributed by atoms with Gasteiger partial charge in [0, 0.05) is 31.0 Å². The maximum Gasteiger partial charge on any atom is 0.244 e. The van der Waals surface area contributed by atoms with Crippen LogP contribution >= 0.6 is 0 Å². The molecule has 1 aromatic carbocycles. The fourth-order valence-corrected chi connectivity index (χ4v) is 4.38. The van der Waals surface area contributed by atoms with Crippen LogP contribution in [0.15, 0.2) is 41.4 Å². The highest BCUT2D eigenvalue weighted by atomic mass is 32.2. The SMILES string of the molecule is Cc1ccc(S(=O)(=O)N2C[C@H](Oc3ccc(C#N)c(F)c3)[C@](O)(CN)C2)cn1. The van der Waals surface area contributed by atoms with Gasteiger partial charge < -0.3 is 15.6 Å². The summed E-state index contributed by atoms with van der Waals surface area (Å²) in [5.74, 6) is -0.714. The Kier molecular flexibility index (Phi) is 5.36. The minimum Gasteiger partial charge on any atom is -0.486 e. The molecule has 148 valence electrons. The Labute approximate surface area is 162 Å². The second kappa shape index (κ2) is 7.44. The van der Waals surface area contributed by atoms with Crippen molar-refractivity contribution < 1.29 is 22.7 Å². The van der Waals surface area contributed by atoms with Crippen molar-refractivity contribution in [3.05, 3.63) is 53.6 Å². The molecule has 0 amide bonds. The quantitative estimate of drug-likeness (QED) is 0.741. The average Bonchev–Trinajstić information content (AvgIpc) is 3.00. The van der Waals surface area contributed by atoms with Gasteiger partial charge in [0.25, 0.3) is 0 Å². The standard InChI is InChI=1S/C18H19FN4O4S/c1-12-2-5-15(8-22-12)28(25,26)23-9-17(18(24,10-21)11-23)27-14-4-3-13(7-20)16(19)6-14/h2-6,8,17,24H,9-11,21H2,1H3/t17-,18-/m0/s1. The number of pyridine rings is 1. The summed E-state index contributed by atoms with van der Waals surface area (Å²) < 4.78 is 46.3. The fourth-order valence-electron chi connectivity index (χ4n) is 2.93. The van der Waals surface area contributed by atoms with Crippen LogP contribution in [-0.2, 0) is 10.0 Å². The number of nitrogens with two attached hydrogens (primary N) is 1. The molecular formula is C18H19FN4O4S. The number of nitriles is 1. The molecule has 0 radical (unpaired) electrons. The van der Waals surface area contributed by atoms with Crippen LogP contribution in [0.2, 0.25) is 0 Å². The van der Waals surface area contributed by atoms with Crippen LogP contribution in [0.5, 0.6) is 5.75 Å². The molecule has 1 saturated heterocycles. The van der Waals surface area contributed by atoms with Crippen LogP contribution in [-0.4, -0.2) is 54.2 Å². The largest absolute Gasteiger partial charge is 0.486 e. The number of ether oxygens (including phenoxy) is 1. The van der Waals surface area contributed by atoms with Crippen molar-refractivity contribution in [2.75, 3.05) is 19.6 Å². The summed E-state index contributed by atoms with van der Waals surface area (Å²) >= 11 is 0. The Morgan fingerprint density at radius 2 is 2.21 bits per heavy atom. The molecule has 1 fully saturated rings. The fraction of sp³-hybridized carbons (Fsp3) is 0.333.